The minimum absolute atomic E-state index is 0.0158. The van der Waals surface area contributed by atoms with Gasteiger partial charge in [0.15, 0.2) is 6.10 Å². The largest absolute Gasteiger partial charge is 0.481 e. The number of amides is 2. The van der Waals surface area contributed by atoms with Crippen LogP contribution in [0.5, 0.6) is 5.75 Å². The first-order chi connectivity index (χ1) is 12.3. The van der Waals surface area contributed by atoms with Gasteiger partial charge in [-0.05, 0) is 37.3 Å². The Morgan fingerprint density at radius 1 is 1.19 bits per heavy atom. The van der Waals surface area contributed by atoms with Gasteiger partial charge in [0.1, 0.15) is 11.6 Å². The first-order valence-corrected chi connectivity index (χ1v) is 7.62. The molecule has 0 heterocycles. The lowest BCUT2D eigenvalue weighted by Gasteiger charge is -2.15. The van der Waals surface area contributed by atoms with Gasteiger partial charge in [0.05, 0.1) is 15.5 Å². The first-order valence-electron chi connectivity index (χ1n) is 7.24. The van der Waals surface area contributed by atoms with E-state index in [9.17, 15) is 24.1 Å². The van der Waals surface area contributed by atoms with E-state index in [0.717, 1.165) is 12.1 Å². The van der Waals surface area contributed by atoms with Crippen LogP contribution in [0.15, 0.2) is 42.5 Å². The van der Waals surface area contributed by atoms with E-state index in [1.54, 1.807) is 0 Å². The van der Waals surface area contributed by atoms with E-state index in [0.29, 0.717) is 0 Å². The number of halogens is 2. The average Bonchev–Trinajstić information content (AvgIpc) is 2.61. The number of nitro groups is 1. The van der Waals surface area contributed by atoms with Crippen molar-refractivity contribution < 1.29 is 23.6 Å². The molecule has 10 heteroatoms. The van der Waals surface area contributed by atoms with E-state index >= 15 is 0 Å². The van der Waals surface area contributed by atoms with Crippen molar-refractivity contribution in [2.24, 2.45) is 0 Å². The van der Waals surface area contributed by atoms with Crippen LogP contribution in [-0.4, -0.2) is 22.8 Å². The summed E-state index contributed by atoms with van der Waals surface area (Å²) < 4.78 is 18.1. The zero-order chi connectivity index (χ0) is 19.3. The number of benzene rings is 2. The van der Waals surface area contributed by atoms with Gasteiger partial charge in [-0.25, -0.2) is 4.39 Å². The van der Waals surface area contributed by atoms with Crippen molar-refractivity contribution in [2.45, 2.75) is 13.0 Å². The Morgan fingerprint density at radius 3 is 2.46 bits per heavy atom. The molecule has 2 aromatic carbocycles. The van der Waals surface area contributed by atoms with Crippen LogP contribution in [-0.2, 0) is 4.79 Å². The van der Waals surface area contributed by atoms with Crippen LogP contribution in [0.3, 0.4) is 0 Å². The van der Waals surface area contributed by atoms with E-state index < -0.39 is 28.7 Å². The fraction of sp³-hybridized carbons (Fsp3) is 0.125. The molecule has 0 fully saturated rings. The van der Waals surface area contributed by atoms with Crippen LogP contribution >= 0.6 is 11.6 Å². The summed E-state index contributed by atoms with van der Waals surface area (Å²) >= 11 is 5.84. The fourth-order valence-electron chi connectivity index (χ4n) is 1.86. The van der Waals surface area contributed by atoms with Gasteiger partial charge in [-0.2, -0.15) is 0 Å². The predicted molar refractivity (Wildman–Crippen MR) is 90.2 cm³/mol. The first kappa shape index (κ1) is 19.1. The highest BCUT2D eigenvalue weighted by Crippen LogP contribution is 2.21. The number of carbonyl (C=O) groups excluding carboxylic acids is 2. The van der Waals surface area contributed by atoms with Gasteiger partial charge in [0.2, 0.25) is 0 Å². The van der Waals surface area contributed by atoms with Crippen molar-refractivity contribution in [3.63, 3.8) is 0 Å². The molecule has 8 nitrogen and oxygen atoms in total. The Balaban J connectivity index is 1.96. The van der Waals surface area contributed by atoms with Crippen LogP contribution in [0, 0.1) is 15.9 Å². The third-order valence-electron chi connectivity index (χ3n) is 3.20. The lowest BCUT2D eigenvalue weighted by molar-refractivity contribution is -0.384. The highest BCUT2D eigenvalue weighted by molar-refractivity contribution is 6.34. The van der Waals surface area contributed by atoms with Crippen molar-refractivity contribution in [1.82, 2.24) is 10.9 Å². The molecule has 0 aliphatic carbocycles. The molecule has 136 valence electrons. The average molecular weight is 382 g/mol. The van der Waals surface area contributed by atoms with E-state index in [-0.39, 0.29) is 22.0 Å². The number of nitrogens with one attached hydrogen (secondary N) is 2. The molecule has 0 aliphatic heterocycles. The number of hydrogen-bond donors (Lipinski definition) is 2. The van der Waals surface area contributed by atoms with Crippen LogP contribution < -0.4 is 15.6 Å². The molecule has 0 saturated heterocycles. The van der Waals surface area contributed by atoms with Gasteiger partial charge in [-0.3, -0.25) is 30.6 Å². The van der Waals surface area contributed by atoms with Crippen LogP contribution in [0.4, 0.5) is 10.1 Å². The highest BCUT2D eigenvalue weighted by atomic mass is 35.5. The molecule has 0 spiro atoms. The summed E-state index contributed by atoms with van der Waals surface area (Å²) in [6.07, 6.45) is -0.999. The Labute approximate surface area is 152 Å². The van der Waals surface area contributed by atoms with Gasteiger partial charge in [0, 0.05) is 12.1 Å². The number of nitrogens with zero attached hydrogens (tertiary/aromatic N) is 1. The van der Waals surface area contributed by atoms with E-state index in [4.69, 9.17) is 16.3 Å². The monoisotopic (exact) mass is 381 g/mol. The molecule has 1 atom stereocenters. The summed E-state index contributed by atoms with van der Waals surface area (Å²) in [7, 11) is 0. The van der Waals surface area contributed by atoms with Gasteiger partial charge in [0.25, 0.3) is 17.5 Å². The minimum Gasteiger partial charge on any atom is -0.481 e. The lowest BCUT2D eigenvalue weighted by atomic mass is 10.2. The highest BCUT2D eigenvalue weighted by Gasteiger charge is 2.19. The Kier molecular flexibility index (Phi) is 6.07. The van der Waals surface area contributed by atoms with E-state index in [2.05, 4.69) is 10.9 Å². The third-order valence-corrected chi connectivity index (χ3v) is 3.53. The number of rotatable bonds is 5. The molecule has 0 aromatic heterocycles. The van der Waals surface area contributed by atoms with Crippen molar-refractivity contribution in [1.29, 1.82) is 0 Å². The molecule has 0 saturated carbocycles. The number of non-ortho nitro benzene ring substituents is 1. The van der Waals surface area contributed by atoms with Crippen molar-refractivity contribution >= 4 is 29.1 Å². The summed E-state index contributed by atoms with van der Waals surface area (Å²) in [5, 5.41) is 10.7. The van der Waals surface area contributed by atoms with Gasteiger partial charge in [-0.15, -0.1) is 0 Å². The summed E-state index contributed by atoms with van der Waals surface area (Å²) in [4.78, 5) is 34.1. The molecule has 0 bridgehead atoms. The quantitative estimate of drug-likeness (QED) is 0.611. The number of ether oxygens (including phenoxy) is 1. The second-order valence-corrected chi connectivity index (χ2v) is 5.49. The second kappa shape index (κ2) is 8.26. The summed E-state index contributed by atoms with van der Waals surface area (Å²) in [5.41, 5.74) is 3.72. The topological polar surface area (TPSA) is 111 Å². The zero-order valence-corrected chi connectivity index (χ0v) is 14.1. The van der Waals surface area contributed by atoms with Crippen LogP contribution in [0.1, 0.15) is 17.3 Å². The Morgan fingerprint density at radius 2 is 1.85 bits per heavy atom. The molecule has 2 aromatic rings. The van der Waals surface area contributed by atoms with Crippen molar-refractivity contribution in [3.8, 4) is 5.75 Å². The molecule has 0 unspecified atom stereocenters. The smallest absolute Gasteiger partial charge is 0.279 e. The molecule has 2 amide bonds. The molecule has 2 rings (SSSR count). The number of hydrogen-bond acceptors (Lipinski definition) is 5. The van der Waals surface area contributed by atoms with Crippen molar-refractivity contribution in [3.05, 3.63) is 69.0 Å². The molecule has 2 N–H and O–H groups in total. The normalized spacial score (nSPS) is 11.3. The number of nitro benzene ring substituents is 1. The molecular formula is C16H13ClFN3O5. The molecule has 26 heavy (non-hydrogen) atoms. The van der Waals surface area contributed by atoms with E-state index in [1.807, 2.05) is 0 Å². The van der Waals surface area contributed by atoms with Crippen LogP contribution in [0.25, 0.3) is 0 Å². The standard InChI is InChI=1S/C16H13ClFN3O5/c1-9(26-12-5-2-10(18)3-6-12)15(22)19-20-16(23)13-8-11(21(24)25)4-7-14(13)17/h2-9H,1H3,(H,19,22)(H,20,23)/t9-/m1/s1. The molecule has 0 aliphatic rings. The summed E-state index contributed by atoms with van der Waals surface area (Å²) in [6, 6.07) is 8.38. The van der Waals surface area contributed by atoms with E-state index in [1.165, 1.54) is 37.3 Å². The summed E-state index contributed by atoms with van der Waals surface area (Å²) in [6.45, 7) is 1.42. The van der Waals surface area contributed by atoms with Crippen LogP contribution in [0.2, 0.25) is 5.02 Å². The van der Waals surface area contributed by atoms with Gasteiger partial charge < -0.3 is 4.74 Å². The maximum atomic E-state index is 12.8. The van der Waals surface area contributed by atoms with Gasteiger partial charge >= 0.3 is 0 Å². The Hall–Kier alpha value is -3.20. The summed E-state index contributed by atoms with van der Waals surface area (Å²) in [5.74, 6) is -1.71. The minimum atomic E-state index is -0.999. The SMILES string of the molecule is C[C@@H](Oc1ccc(F)cc1)C(=O)NNC(=O)c1cc([N+](=O)[O-])ccc1Cl. The maximum absolute atomic E-state index is 12.8. The Bertz CT molecular complexity index is 844. The predicted octanol–water partition coefficient (Wildman–Crippen LogP) is 2.62. The fourth-order valence-corrected chi connectivity index (χ4v) is 2.06. The maximum Gasteiger partial charge on any atom is 0.279 e. The lowest BCUT2D eigenvalue weighted by Crippen LogP contribution is -2.47. The number of carbonyl (C=O) groups is 2. The molecule has 0 radical (unpaired) electrons. The zero-order valence-electron chi connectivity index (χ0n) is 13.4. The van der Waals surface area contributed by atoms with Gasteiger partial charge in [-0.1, -0.05) is 11.6 Å². The number of hydrazine groups is 1. The molecular weight excluding hydrogens is 369 g/mol. The second-order valence-electron chi connectivity index (χ2n) is 5.08. The third kappa shape index (κ3) is 4.90. The van der Waals surface area contributed by atoms with Crippen molar-refractivity contribution in [2.75, 3.05) is 0 Å².